The van der Waals surface area contributed by atoms with Crippen molar-refractivity contribution in [2.45, 2.75) is 34.2 Å². The maximum atomic E-state index is 11.8. The van der Waals surface area contributed by atoms with Gasteiger partial charge in [0, 0.05) is 24.2 Å². The maximum Gasteiger partial charge on any atom is 0.269 e. The molecule has 1 heterocycles. The van der Waals surface area contributed by atoms with Crippen LogP contribution in [0.2, 0.25) is 0 Å². The molecule has 1 aliphatic rings. The molecule has 0 aliphatic carbocycles. The van der Waals surface area contributed by atoms with Gasteiger partial charge in [0.15, 0.2) is 0 Å². The summed E-state index contributed by atoms with van der Waals surface area (Å²) < 4.78 is 10.9. The van der Waals surface area contributed by atoms with E-state index in [1.807, 2.05) is 27.7 Å². The first kappa shape index (κ1) is 21.0. The number of amides is 1. The van der Waals surface area contributed by atoms with Gasteiger partial charge in [-0.3, -0.25) is 14.9 Å². The second-order valence-corrected chi connectivity index (χ2v) is 4.66. The monoisotopic (exact) mass is 360 g/mol. The van der Waals surface area contributed by atoms with E-state index in [4.69, 9.17) is 9.47 Å². The number of nitrogens with one attached hydrogen (secondary N) is 1. The van der Waals surface area contributed by atoms with Crippen LogP contribution in [0.1, 0.15) is 43.6 Å². The fourth-order valence-electron chi connectivity index (χ4n) is 2.32. The Morgan fingerprint density at radius 3 is 2.12 bits per heavy atom. The first-order valence-corrected chi connectivity index (χ1v) is 8.50. The second-order valence-electron chi connectivity index (χ2n) is 4.66. The quantitative estimate of drug-likeness (QED) is 0.631. The van der Waals surface area contributed by atoms with Gasteiger partial charge in [-0.15, -0.1) is 0 Å². The number of fused-ring (bicyclic) bond motifs is 1. The minimum atomic E-state index is -0.475. The number of methoxy groups -OCH3 is 1. The van der Waals surface area contributed by atoms with Gasteiger partial charge < -0.3 is 14.8 Å². The van der Waals surface area contributed by atoms with E-state index in [0.29, 0.717) is 34.9 Å². The zero-order valence-electron chi connectivity index (χ0n) is 15.7. The third-order valence-corrected chi connectivity index (χ3v) is 3.38. The largest absolute Gasteiger partial charge is 0.496 e. The Kier molecular flexibility index (Phi) is 8.08. The van der Waals surface area contributed by atoms with Crippen molar-refractivity contribution in [3.8, 4) is 17.2 Å². The van der Waals surface area contributed by atoms with Gasteiger partial charge >= 0.3 is 0 Å². The zero-order valence-corrected chi connectivity index (χ0v) is 15.7. The van der Waals surface area contributed by atoms with Crippen LogP contribution in [0.5, 0.6) is 17.2 Å². The number of nitro benzene ring substituents is 1. The van der Waals surface area contributed by atoms with Crippen LogP contribution in [0.15, 0.2) is 36.4 Å². The minimum Gasteiger partial charge on any atom is -0.496 e. The van der Waals surface area contributed by atoms with E-state index in [1.165, 1.54) is 31.4 Å². The molecule has 0 fully saturated rings. The fourth-order valence-corrected chi connectivity index (χ4v) is 2.32. The molecule has 26 heavy (non-hydrogen) atoms. The van der Waals surface area contributed by atoms with E-state index in [1.54, 1.807) is 12.1 Å². The number of benzene rings is 2. The lowest BCUT2D eigenvalue weighted by Crippen LogP contribution is -2.13. The number of hydrogen-bond donors (Lipinski definition) is 1. The van der Waals surface area contributed by atoms with Crippen molar-refractivity contribution < 1.29 is 19.2 Å². The normalized spacial score (nSPS) is 11.0. The molecule has 1 aliphatic heterocycles. The first-order chi connectivity index (χ1) is 12.6. The van der Waals surface area contributed by atoms with Gasteiger partial charge in [0.2, 0.25) is 0 Å². The van der Waals surface area contributed by atoms with Gasteiger partial charge in [-0.05, 0) is 24.3 Å². The van der Waals surface area contributed by atoms with E-state index < -0.39 is 4.92 Å². The summed E-state index contributed by atoms with van der Waals surface area (Å²) in [4.78, 5) is 22.0. The number of carbonyl (C=O) groups is 1. The first-order valence-electron chi connectivity index (χ1n) is 8.50. The molecule has 2 aromatic carbocycles. The molecule has 3 rings (SSSR count). The lowest BCUT2D eigenvalue weighted by molar-refractivity contribution is -0.384. The summed E-state index contributed by atoms with van der Waals surface area (Å²) in [5.74, 6) is 1.25. The average Bonchev–Trinajstić information content (AvgIpc) is 3.08. The molecule has 7 nitrogen and oxygen atoms in total. The van der Waals surface area contributed by atoms with E-state index in [0.717, 1.165) is 0 Å². The van der Waals surface area contributed by atoms with Gasteiger partial charge in [-0.25, -0.2) is 0 Å². The lowest BCUT2D eigenvalue weighted by Gasteiger charge is -2.11. The van der Waals surface area contributed by atoms with E-state index >= 15 is 0 Å². The molecule has 0 saturated carbocycles. The summed E-state index contributed by atoms with van der Waals surface area (Å²) in [6, 6.07) is 9.12. The topological polar surface area (TPSA) is 90.7 Å². The highest BCUT2D eigenvalue weighted by molar-refractivity contribution is 6.01. The summed E-state index contributed by atoms with van der Waals surface area (Å²) in [6.07, 6.45) is 0. The molecule has 0 saturated heterocycles. The van der Waals surface area contributed by atoms with Gasteiger partial charge in [-0.1, -0.05) is 27.7 Å². The van der Waals surface area contributed by atoms with E-state index in [9.17, 15) is 14.9 Å². The van der Waals surface area contributed by atoms with Crippen molar-refractivity contribution in [1.82, 2.24) is 5.32 Å². The van der Waals surface area contributed by atoms with Crippen molar-refractivity contribution >= 4 is 11.6 Å². The van der Waals surface area contributed by atoms with Crippen LogP contribution in [0.3, 0.4) is 0 Å². The standard InChI is InChI=1S/C15H12N2O5.2C2H6/c1-21-13-7-6-12(11-8-16-15(18)14(11)13)22-10-4-2-9(3-5-10)17(19)20;2*1-2/h2-7H,8H2,1H3,(H,16,18);2*1-2H3. The highest BCUT2D eigenvalue weighted by atomic mass is 16.6. The van der Waals surface area contributed by atoms with Crippen molar-refractivity contribution in [2.75, 3.05) is 7.11 Å². The van der Waals surface area contributed by atoms with Crippen LogP contribution in [-0.4, -0.2) is 17.9 Å². The molecule has 0 bridgehead atoms. The molecule has 1 amide bonds. The Bertz CT molecular complexity index is 757. The van der Waals surface area contributed by atoms with E-state index in [-0.39, 0.29) is 11.6 Å². The van der Waals surface area contributed by atoms with Gasteiger partial charge in [-0.2, -0.15) is 0 Å². The predicted molar refractivity (Wildman–Crippen MR) is 100 cm³/mol. The second kappa shape index (κ2) is 10.0. The summed E-state index contributed by atoms with van der Waals surface area (Å²) >= 11 is 0. The van der Waals surface area contributed by atoms with Crippen molar-refractivity contribution in [3.05, 3.63) is 57.6 Å². The minimum absolute atomic E-state index is 0.0100. The summed E-state index contributed by atoms with van der Waals surface area (Å²) in [5, 5.41) is 13.4. The molecule has 1 N–H and O–H groups in total. The highest BCUT2D eigenvalue weighted by Crippen LogP contribution is 2.36. The van der Waals surface area contributed by atoms with Crippen molar-refractivity contribution in [2.24, 2.45) is 0 Å². The number of hydrogen-bond acceptors (Lipinski definition) is 5. The van der Waals surface area contributed by atoms with E-state index in [2.05, 4.69) is 5.32 Å². The number of nitrogens with zero attached hydrogens (tertiary/aromatic N) is 1. The number of rotatable bonds is 4. The van der Waals surface area contributed by atoms with Gasteiger partial charge in [0.1, 0.15) is 17.2 Å². The molecule has 140 valence electrons. The molecular weight excluding hydrogens is 336 g/mol. The molecule has 0 spiro atoms. The number of nitro groups is 1. The van der Waals surface area contributed by atoms with Crippen LogP contribution in [0.4, 0.5) is 5.69 Å². The Morgan fingerprint density at radius 1 is 1.00 bits per heavy atom. The number of ether oxygens (including phenoxy) is 2. The Hall–Kier alpha value is -3.09. The molecule has 7 heteroatoms. The highest BCUT2D eigenvalue weighted by Gasteiger charge is 2.27. The van der Waals surface area contributed by atoms with Gasteiger partial charge in [0.05, 0.1) is 17.6 Å². The van der Waals surface area contributed by atoms with Crippen LogP contribution < -0.4 is 14.8 Å². The summed E-state index contributed by atoms with van der Waals surface area (Å²) in [5.41, 5.74) is 1.16. The van der Waals surface area contributed by atoms with Crippen LogP contribution in [0, 0.1) is 10.1 Å². The Labute approximate surface area is 153 Å². The molecule has 0 aromatic heterocycles. The molecular formula is C19H24N2O5. The number of non-ortho nitro benzene ring substituents is 1. The van der Waals surface area contributed by atoms with Crippen LogP contribution >= 0.6 is 0 Å². The maximum absolute atomic E-state index is 11.8. The number of carbonyl (C=O) groups excluding carboxylic acids is 1. The van der Waals surface area contributed by atoms with Crippen molar-refractivity contribution in [3.63, 3.8) is 0 Å². The SMILES string of the molecule is CC.CC.COc1ccc(Oc2ccc([N+](=O)[O-])cc2)c2c1C(=O)NC2. The molecule has 2 aromatic rings. The Morgan fingerprint density at radius 2 is 1.58 bits per heavy atom. The molecule has 0 atom stereocenters. The van der Waals surface area contributed by atoms with Crippen LogP contribution in [0.25, 0.3) is 0 Å². The predicted octanol–water partition coefficient (Wildman–Crippen LogP) is 4.69. The van der Waals surface area contributed by atoms with Crippen molar-refractivity contribution in [1.29, 1.82) is 0 Å². The smallest absolute Gasteiger partial charge is 0.269 e. The third kappa shape index (κ3) is 4.50. The van der Waals surface area contributed by atoms with Crippen LogP contribution in [-0.2, 0) is 6.54 Å². The fraction of sp³-hybridized carbons (Fsp3) is 0.316. The van der Waals surface area contributed by atoms with Gasteiger partial charge in [0.25, 0.3) is 11.6 Å². The lowest BCUT2D eigenvalue weighted by atomic mass is 10.1. The summed E-state index contributed by atoms with van der Waals surface area (Å²) in [7, 11) is 1.50. The summed E-state index contributed by atoms with van der Waals surface area (Å²) in [6.45, 7) is 8.35. The third-order valence-electron chi connectivity index (χ3n) is 3.38. The zero-order chi connectivity index (χ0) is 19.7. The Balaban J connectivity index is 0.000000791. The molecule has 0 radical (unpaired) electrons. The molecule has 0 unspecified atom stereocenters. The average molecular weight is 360 g/mol.